The van der Waals surface area contributed by atoms with E-state index in [2.05, 4.69) is 0 Å². The molecule has 0 aliphatic rings. The van der Waals surface area contributed by atoms with Gasteiger partial charge in [0, 0.05) is 0 Å². The maximum absolute atomic E-state index is 2.00. The molecule has 0 amide bonds. The molecule has 0 heterocycles. The molecule has 0 N–H and O–H groups in total. The topological polar surface area (TPSA) is 0 Å². The molecular weight excluding hydrogens is 184 g/mol. The van der Waals surface area contributed by atoms with Gasteiger partial charge in [0.25, 0.3) is 0 Å². The second kappa shape index (κ2) is 7.33. The third kappa shape index (κ3) is 5.65. The first-order chi connectivity index (χ1) is 5.00. The zero-order chi connectivity index (χ0) is 7.07. The van der Waals surface area contributed by atoms with Crippen LogP contribution in [0.2, 0.25) is 0 Å². The minimum Gasteiger partial charge on any atom is -0.214 e. The molecule has 0 fully saturated rings. The predicted molar refractivity (Wildman–Crippen MR) is 44.1 cm³/mol. The van der Waals surface area contributed by atoms with Gasteiger partial charge in [-0.3, -0.25) is 0 Å². The molecular formula is C10H10Cu. The van der Waals surface area contributed by atoms with Crippen LogP contribution in [0.5, 0.6) is 0 Å². The van der Waals surface area contributed by atoms with E-state index < -0.39 is 0 Å². The average molecular weight is 194 g/mol. The summed E-state index contributed by atoms with van der Waals surface area (Å²) in [6.45, 7) is 0. The summed E-state index contributed by atoms with van der Waals surface area (Å²) >= 11 is 0. The van der Waals surface area contributed by atoms with Gasteiger partial charge in [-0.1, -0.05) is 0 Å². The van der Waals surface area contributed by atoms with E-state index in [1.54, 1.807) is 0 Å². The Labute approximate surface area is 78.1 Å². The first-order valence-electron chi connectivity index (χ1n) is 3.33. The van der Waals surface area contributed by atoms with Crippen LogP contribution in [0.1, 0.15) is 0 Å². The van der Waals surface area contributed by atoms with Crippen molar-refractivity contribution >= 4 is 0 Å². The van der Waals surface area contributed by atoms with Crippen molar-refractivity contribution in [2.75, 3.05) is 0 Å². The molecule has 11 heavy (non-hydrogen) atoms. The van der Waals surface area contributed by atoms with E-state index in [1.807, 2.05) is 60.7 Å². The van der Waals surface area contributed by atoms with Crippen LogP contribution in [0.3, 0.4) is 0 Å². The van der Waals surface area contributed by atoms with E-state index in [1.165, 1.54) is 0 Å². The van der Waals surface area contributed by atoms with Crippen LogP contribution in [0, 0.1) is 0 Å². The van der Waals surface area contributed by atoms with Gasteiger partial charge in [-0.2, -0.15) is 36.4 Å². The van der Waals surface area contributed by atoms with Crippen LogP contribution in [-0.2, 0) is 17.1 Å². The molecule has 0 nitrogen and oxygen atoms in total. The van der Waals surface area contributed by atoms with Crippen molar-refractivity contribution in [2.45, 2.75) is 0 Å². The molecule has 61 valence electrons. The Morgan fingerprint density at radius 2 is 0.818 bits per heavy atom. The molecule has 0 saturated carbocycles. The second-order valence-electron chi connectivity index (χ2n) is 1.92. The zero-order valence-corrected chi connectivity index (χ0v) is 7.02. The molecule has 0 aliphatic carbocycles. The third-order valence-corrected chi connectivity index (χ3v) is 1.11. The minimum atomic E-state index is 0. The molecule has 0 bridgehead atoms. The van der Waals surface area contributed by atoms with Crippen molar-refractivity contribution in [3.8, 4) is 0 Å². The fourth-order valence-electron chi connectivity index (χ4n) is 0.642. The van der Waals surface area contributed by atoms with Crippen molar-refractivity contribution in [1.82, 2.24) is 0 Å². The van der Waals surface area contributed by atoms with Crippen molar-refractivity contribution in [3.05, 3.63) is 60.7 Å². The summed E-state index contributed by atoms with van der Waals surface area (Å²) in [7, 11) is 0. The van der Waals surface area contributed by atoms with Gasteiger partial charge in [-0.05, 0) is 0 Å². The Morgan fingerprint density at radius 3 is 0.909 bits per heavy atom. The van der Waals surface area contributed by atoms with E-state index >= 15 is 0 Å². The molecule has 2 rings (SSSR count). The summed E-state index contributed by atoms with van der Waals surface area (Å²) in [4.78, 5) is 0. The first-order valence-corrected chi connectivity index (χ1v) is 3.33. The number of hydrogen-bond donors (Lipinski definition) is 0. The second-order valence-corrected chi connectivity index (χ2v) is 1.92. The smallest absolute Gasteiger partial charge is 0.214 e. The third-order valence-electron chi connectivity index (χ3n) is 1.11. The van der Waals surface area contributed by atoms with Crippen LogP contribution in [-0.4, -0.2) is 0 Å². The standard InChI is InChI=1S/2C5H5.Cu/c2*1-2-4-5-3-1;/h2*1-5H;/q2*-1;+2. The fraction of sp³-hybridized carbons (Fsp3) is 0. The molecule has 1 radical (unpaired) electrons. The van der Waals surface area contributed by atoms with E-state index in [0.717, 1.165) is 0 Å². The summed E-state index contributed by atoms with van der Waals surface area (Å²) < 4.78 is 0. The molecule has 0 saturated heterocycles. The van der Waals surface area contributed by atoms with Gasteiger partial charge < -0.3 is 0 Å². The Kier molecular flexibility index (Phi) is 6.81. The van der Waals surface area contributed by atoms with Gasteiger partial charge in [0.2, 0.25) is 0 Å². The Morgan fingerprint density at radius 1 is 0.545 bits per heavy atom. The summed E-state index contributed by atoms with van der Waals surface area (Å²) in [5.41, 5.74) is 0. The molecule has 2 aromatic carbocycles. The van der Waals surface area contributed by atoms with Gasteiger partial charge in [0.1, 0.15) is 0 Å². The summed E-state index contributed by atoms with van der Waals surface area (Å²) in [5, 5.41) is 0. The van der Waals surface area contributed by atoms with Gasteiger partial charge in [0.05, 0.1) is 0 Å². The summed E-state index contributed by atoms with van der Waals surface area (Å²) in [6, 6.07) is 20.0. The van der Waals surface area contributed by atoms with Gasteiger partial charge in [-0.25, -0.2) is 24.3 Å². The Balaban J connectivity index is 0.000000167. The Hall–Kier alpha value is -0.781. The minimum absolute atomic E-state index is 0. The zero-order valence-electron chi connectivity index (χ0n) is 6.08. The SMILES string of the molecule is [Cu+2].c1cc[cH-]c1.c1cc[cH-]c1. The fourth-order valence-corrected chi connectivity index (χ4v) is 0.642. The average Bonchev–Trinajstić information content (AvgIpc) is 2.67. The van der Waals surface area contributed by atoms with E-state index in [-0.39, 0.29) is 17.1 Å². The van der Waals surface area contributed by atoms with E-state index in [4.69, 9.17) is 0 Å². The van der Waals surface area contributed by atoms with Crippen LogP contribution < -0.4 is 0 Å². The van der Waals surface area contributed by atoms with Crippen LogP contribution in [0.25, 0.3) is 0 Å². The summed E-state index contributed by atoms with van der Waals surface area (Å²) in [6.07, 6.45) is 0. The van der Waals surface area contributed by atoms with Crippen molar-refractivity contribution in [2.24, 2.45) is 0 Å². The molecule has 0 spiro atoms. The van der Waals surface area contributed by atoms with Crippen molar-refractivity contribution in [1.29, 1.82) is 0 Å². The summed E-state index contributed by atoms with van der Waals surface area (Å²) in [5.74, 6) is 0. The van der Waals surface area contributed by atoms with Gasteiger partial charge >= 0.3 is 17.1 Å². The number of hydrogen-bond acceptors (Lipinski definition) is 0. The quantitative estimate of drug-likeness (QED) is 0.446. The number of rotatable bonds is 0. The van der Waals surface area contributed by atoms with Gasteiger partial charge in [0.15, 0.2) is 0 Å². The predicted octanol–water partition coefficient (Wildman–Crippen LogP) is 2.81. The molecule has 0 aliphatic heterocycles. The van der Waals surface area contributed by atoms with Crippen LogP contribution in [0.15, 0.2) is 60.7 Å². The maximum Gasteiger partial charge on any atom is 2.00 e. The maximum atomic E-state index is 2.00. The van der Waals surface area contributed by atoms with Crippen LogP contribution >= 0.6 is 0 Å². The molecule has 0 unspecified atom stereocenters. The normalized spacial score (nSPS) is 7.27. The molecule has 1 heteroatoms. The van der Waals surface area contributed by atoms with Gasteiger partial charge in [-0.15, -0.1) is 0 Å². The molecule has 0 aromatic heterocycles. The van der Waals surface area contributed by atoms with Crippen LogP contribution in [0.4, 0.5) is 0 Å². The van der Waals surface area contributed by atoms with E-state index in [0.29, 0.717) is 0 Å². The molecule has 2 aromatic rings. The Bertz CT molecular complexity index is 144. The largest absolute Gasteiger partial charge is 2.00 e. The molecule has 0 atom stereocenters. The monoisotopic (exact) mass is 193 g/mol. The first kappa shape index (κ1) is 10.2. The van der Waals surface area contributed by atoms with Crippen molar-refractivity contribution in [3.63, 3.8) is 0 Å². The van der Waals surface area contributed by atoms with E-state index in [9.17, 15) is 0 Å². The van der Waals surface area contributed by atoms with Crippen molar-refractivity contribution < 1.29 is 17.1 Å².